The summed E-state index contributed by atoms with van der Waals surface area (Å²) in [7, 11) is 1.59. The number of ether oxygens (including phenoxy) is 1. The van der Waals surface area contributed by atoms with Crippen LogP contribution in [0.5, 0.6) is 11.5 Å². The minimum Gasteiger partial charge on any atom is -0.507 e. The molecular formula is C23H27NO4. The Morgan fingerprint density at radius 2 is 1.82 bits per heavy atom. The van der Waals surface area contributed by atoms with Crippen molar-refractivity contribution in [3.63, 3.8) is 0 Å². The molecule has 3 rings (SSSR count). The molecule has 2 atom stereocenters. The molecule has 0 spiro atoms. The van der Waals surface area contributed by atoms with E-state index < -0.39 is 11.3 Å². The summed E-state index contributed by atoms with van der Waals surface area (Å²) in [6.45, 7) is 7.74. The largest absolute Gasteiger partial charge is 0.507 e. The van der Waals surface area contributed by atoms with Gasteiger partial charge in [0.25, 0.3) is 0 Å². The van der Waals surface area contributed by atoms with E-state index in [1.165, 1.54) is 6.07 Å². The molecule has 2 aromatic rings. The van der Waals surface area contributed by atoms with Crippen LogP contribution in [0.4, 0.5) is 5.69 Å². The second kappa shape index (κ2) is 7.30. The zero-order valence-electron chi connectivity index (χ0n) is 17.0. The lowest BCUT2D eigenvalue weighted by molar-refractivity contribution is -0.127. The summed E-state index contributed by atoms with van der Waals surface area (Å²) in [6, 6.07) is 12.1. The topological polar surface area (TPSA) is 66.8 Å². The van der Waals surface area contributed by atoms with E-state index in [4.69, 9.17) is 4.74 Å². The Balaban J connectivity index is 2.02. The number of amides is 1. The van der Waals surface area contributed by atoms with Gasteiger partial charge in [-0.1, -0.05) is 25.5 Å². The van der Waals surface area contributed by atoms with Gasteiger partial charge in [-0.2, -0.15) is 0 Å². The van der Waals surface area contributed by atoms with Gasteiger partial charge in [0.05, 0.1) is 12.7 Å². The minimum atomic E-state index is -0.862. The number of phenolic OH excluding ortho intramolecular Hbond substituents is 1. The Kier molecular flexibility index (Phi) is 5.20. The Hall–Kier alpha value is -2.82. The maximum absolute atomic E-state index is 13.5. The number of phenols is 1. The normalized spacial score (nSPS) is 21.5. The number of hydrogen-bond acceptors (Lipinski definition) is 4. The van der Waals surface area contributed by atoms with E-state index in [1.54, 1.807) is 36.3 Å². The van der Waals surface area contributed by atoms with Crippen LogP contribution in [0.25, 0.3) is 0 Å². The molecule has 1 fully saturated rings. The van der Waals surface area contributed by atoms with Gasteiger partial charge in [0.2, 0.25) is 5.91 Å². The third-order valence-electron chi connectivity index (χ3n) is 5.56. The van der Waals surface area contributed by atoms with Crippen molar-refractivity contribution in [3.05, 3.63) is 53.6 Å². The molecule has 0 radical (unpaired) electrons. The lowest BCUT2D eigenvalue weighted by Crippen LogP contribution is -2.56. The molecular weight excluding hydrogens is 354 g/mol. The second-order valence-electron chi connectivity index (χ2n) is 8.27. The van der Waals surface area contributed by atoms with Gasteiger partial charge in [-0.25, -0.2) is 0 Å². The molecule has 5 heteroatoms. The summed E-state index contributed by atoms with van der Waals surface area (Å²) >= 11 is 0. The molecule has 2 aromatic carbocycles. The highest BCUT2D eigenvalue weighted by atomic mass is 16.5. The average molecular weight is 381 g/mol. The van der Waals surface area contributed by atoms with E-state index in [9.17, 15) is 14.7 Å². The van der Waals surface area contributed by atoms with Crippen molar-refractivity contribution in [1.29, 1.82) is 0 Å². The van der Waals surface area contributed by atoms with Crippen molar-refractivity contribution in [1.82, 2.24) is 0 Å². The van der Waals surface area contributed by atoms with Crippen LogP contribution in [0.2, 0.25) is 0 Å². The number of aryl methyl sites for hydroxylation is 1. The fourth-order valence-electron chi connectivity index (χ4n) is 4.26. The quantitative estimate of drug-likeness (QED) is 0.631. The lowest BCUT2D eigenvalue weighted by atomic mass is 9.67. The maximum Gasteiger partial charge on any atom is 0.238 e. The van der Waals surface area contributed by atoms with E-state index in [2.05, 4.69) is 0 Å². The van der Waals surface area contributed by atoms with Crippen LogP contribution < -0.4 is 9.64 Å². The SMILES string of the molecule is COc1ccc(N2C(=O)C(C(=O)c3cc(C)ccc3O)C(C)(C)CC2C)cc1. The Bertz CT molecular complexity index is 901. The Labute approximate surface area is 165 Å². The molecule has 148 valence electrons. The first-order valence-corrected chi connectivity index (χ1v) is 9.46. The smallest absolute Gasteiger partial charge is 0.238 e. The average Bonchev–Trinajstić information content (AvgIpc) is 2.63. The number of aromatic hydroxyl groups is 1. The van der Waals surface area contributed by atoms with Crippen molar-refractivity contribution in [2.24, 2.45) is 11.3 Å². The molecule has 0 bridgehead atoms. The molecule has 0 aromatic heterocycles. The number of Topliss-reactive ketones (excluding diaryl/α,β-unsaturated/α-hetero) is 1. The van der Waals surface area contributed by atoms with Crippen molar-refractivity contribution in [2.75, 3.05) is 12.0 Å². The van der Waals surface area contributed by atoms with Gasteiger partial charge in [-0.3, -0.25) is 9.59 Å². The molecule has 1 aliphatic rings. The van der Waals surface area contributed by atoms with Crippen LogP contribution in [0.1, 0.15) is 43.1 Å². The molecule has 1 aliphatic heterocycles. The number of carbonyl (C=O) groups excluding carboxylic acids is 2. The number of piperidine rings is 1. The summed E-state index contributed by atoms with van der Waals surface area (Å²) in [4.78, 5) is 28.6. The molecule has 1 heterocycles. The number of benzene rings is 2. The molecule has 1 amide bonds. The van der Waals surface area contributed by atoms with Gasteiger partial charge in [-0.05, 0) is 62.1 Å². The standard InChI is InChI=1S/C23H27NO4/c1-14-6-11-19(25)18(12-14)21(26)20-22(27)24(15(2)13-23(20,3)4)16-7-9-17(28-5)10-8-16/h6-12,15,20,25H,13H2,1-5H3. The van der Waals surface area contributed by atoms with Crippen molar-refractivity contribution in [3.8, 4) is 11.5 Å². The fraction of sp³-hybridized carbons (Fsp3) is 0.391. The summed E-state index contributed by atoms with van der Waals surface area (Å²) < 4.78 is 5.20. The molecule has 5 nitrogen and oxygen atoms in total. The number of hydrogen-bond donors (Lipinski definition) is 1. The highest BCUT2D eigenvalue weighted by Crippen LogP contribution is 2.43. The van der Waals surface area contributed by atoms with Crippen LogP contribution in [0.3, 0.4) is 0 Å². The van der Waals surface area contributed by atoms with E-state index in [1.807, 2.05) is 39.8 Å². The number of nitrogens with zero attached hydrogens (tertiary/aromatic N) is 1. The van der Waals surface area contributed by atoms with E-state index in [0.29, 0.717) is 12.2 Å². The first-order valence-electron chi connectivity index (χ1n) is 9.46. The number of carbonyl (C=O) groups is 2. The number of methoxy groups -OCH3 is 1. The van der Waals surface area contributed by atoms with E-state index in [0.717, 1.165) is 11.3 Å². The van der Waals surface area contributed by atoms with Gasteiger partial charge >= 0.3 is 0 Å². The predicted molar refractivity (Wildman–Crippen MR) is 109 cm³/mol. The predicted octanol–water partition coefficient (Wildman–Crippen LogP) is 4.36. The third kappa shape index (κ3) is 3.49. The van der Waals surface area contributed by atoms with Crippen LogP contribution >= 0.6 is 0 Å². The summed E-state index contributed by atoms with van der Waals surface area (Å²) in [6.07, 6.45) is 0.674. The third-order valence-corrected chi connectivity index (χ3v) is 5.56. The number of ketones is 1. The first kappa shape index (κ1) is 19.9. The second-order valence-corrected chi connectivity index (χ2v) is 8.27. The number of rotatable bonds is 4. The maximum atomic E-state index is 13.5. The van der Waals surface area contributed by atoms with Crippen molar-refractivity contribution in [2.45, 2.75) is 40.2 Å². The molecule has 1 saturated heterocycles. The van der Waals surface area contributed by atoms with Crippen molar-refractivity contribution < 1.29 is 19.4 Å². The van der Waals surface area contributed by atoms with Gasteiger partial charge < -0.3 is 14.7 Å². The summed E-state index contributed by atoms with van der Waals surface area (Å²) in [5.41, 5.74) is 1.28. The Morgan fingerprint density at radius 1 is 1.18 bits per heavy atom. The van der Waals surface area contributed by atoms with Crippen LogP contribution in [0, 0.1) is 18.3 Å². The first-order chi connectivity index (χ1) is 13.2. The molecule has 28 heavy (non-hydrogen) atoms. The molecule has 1 N–H and O–H groups in total. The van der Waals surface area contributed by atoms with E-state index >= 15 is 0 Å². The summed E-state index contributed by atoms with van der Waals surface area (Å²) in [5, 5.41) is 10.2. The lowest BCUT2D eigenvalue weighted by Gasteiger charge is -2.46. The molecule has 0 aliphatic carbocycles. The zero-order chi connectivity index (χ0) is 20.6. The van der Waals surface area contributed by atoms with E-state index in [-0.39, 0.29) is 29.0 Å². The minimum absolute atomic E-state index is 0.0500. The summed E-state index contributed by atoms with van der Waals surface area (Å²) in [5.74, 6) is -0.813. The molecule has 2 unspecified atom stereocenters. The van der Waals surface area contributed by atoms with Gasteiger partial charge in [0.1, 0.15) is 17.4 Å². The van der Waals surface area contributed by atoms with Gasteiger partial charge in [-0.15, -0.1) is 0 Å². The van der Waals surface area contributed by atoms with Crippen LogP contribution in [0.15, 0.2) is 42.5 Å². The molecule has 0 saturated carbocycles. The van der Waals surface area contributed by atoms with Gasteiger partial charge in [0.15, 0.2) is 5.78 Å². The monoisotopic (exact) mass is 381 g/mol. The fourth-order valence-corrected chi connectivity index (χ4v) is 4.26. The zero-order valence-corrected chi connectivity index (χ0v) is 17.0. The Morgan fingerprint density at radius 3 is 2.43 bits per heavy atom. The van der Waals surface area contributed by atoms with Crippen LogP contribution in [-0.4, -0.2) is 29.9 Å². The highest BCUT2D eigenvalue weighted by molar-refractivity contribution is 6.16. The number of anilines is 1. The van der Waals surface area contributed by atoms with Crippen LogP contribution in [-0.2, 0) is 4.79 Å². The van der Waals surface area contributed by atoms with Gasteiger partial charge in [0, 0.05) is 11.7 Å². The van der Waals surface area contributed by atoms with Crippen molar-refractivity contribution >= 4 is 17.4 Å². The highest BCUT2D eigenvalue weighted by Gasteiger charge is 2.49.